The molecule has 6 nitrogen and oxygen atoms in total. The molecule has 1 aromatic heterocycles. The van der Waals surface area contributed by atoms with Crippen LogP contribution in [0.5, 0.6) is 0 Å². The molecule has 2 aliphatic rings. The lowest BCUT2D eigenvalue weighted by molar-refractivity contribution is 0.0574. The summed E-state index contributed by atoms with van der Waals surface area (Å²) < 4.78 is 0. The number of nitrogens with zero attached hydrogens (tertiary/aromatic N) is 1. The molecule has 0 radical (unpaired) electrons. The van der Waals surface area contributed by atoms with E-state index in [0.717, 1.165) is 53.5 Å². The highest BCUT2D eigenvalue weighted by Gasteiger charge is 2.28. The predicted molar refractivity (Wildman–Crippen MR) is 120 cm³/mol. The Hall–Kier alpha value is -2.83. The maximum atomic E-state index is 13.2. The van der Waals surface area contributed by atoms with Crippen LogP contribution in [-0.2, 0) is 6.54 Å². The van der Waals surface area contributed by atoms with Crippen LogP contribution in [0, 0.1) is 0 Å². The number of aliphatic hydroxyl groups excluding tert-OH is 1. The fourth-order valence-electron chi connectivity index (χ4n) is 4.83. The molecule has 1 saturated heterocycles. The summed E-state index contributed by atoms with van der Waals surface area (Å²) in [5.74, 6) is -0.114. The third-order valence-corrected chi connectivity index (χ3v) is 6.77. The first-order chi connectivity index (χ1) is 15.1. The van der Waals surface area contributed by atoms with E-state index in [-0.39, 0.29) is 24.5 Å². The summed E-state index contributed by atoms with van der Waals surface area (Å²) in [5, 5.41) is 13.7. The monoisotopic (exact) mass is 437 g/mol. The Morgan fingerprint density at radius 2 is 2.06 bits per heavy atom. The van der Waals surface area contributed by atoms with Gasteiger partial charge < -0.3 is 20.3 Å². The van der Waals surface area contributed by atoms with Gasteiger partial charge in [0.25, 0.3) is 11.8 Å². The van der Waals surface area contributed by atoms with Gasteiger partial charge in [0.05, 0.1) is 5.56 Å². The standard InChI is InChI=1S/C24H24ClN3O3/c25-19-6-5-17(22-18(19)13-26-23(22)30)21-12-15-11-14(4-7-20(15)27-21)24(31)28-9-2-1-3-16(28)8-10-29/h4-7,11-12,16,27,29H,1-3,8-10,13H2,(H,26,30). The number of halogens is 1. The van der Waals surface area contributed by atoms with Crippen LogP contribution >= 0.6 is 11.6 Å². The van der Waals surface area contributed by atoms with Crippen LogP contribution in [0.25, 0.3) is 22.2 Å². The van der Waals surface area contributed by atoms with Crippen molar-refractivity contribution >= 4 is 34.3 Å². The highest BCUT2D eigenvalue weighted by atomic mass is 35.5. The molecule has 3 heterocycles. The van der Waals surface area contributed by atoms with Crippen LogP contribution < -0.4 is 5.32 Å². The molecule has 2 aliphatic heterocycles. The summed E-state index contributed by atoms with van der Waals surface area (Å²) >= 11 is 6.28. The topological polar surface area (TPSA) is 85.4 Å². The van der Waals surface area contributed by atoms with E-state index in [1.165, 1.54) is 0 Å². The van der Waals surface area contributed by atoms with Gasteiger partial charge in [0, 0.05) is 64.0 Å². The van der Waals surface area contributed by atoms with Gasteiger partial charge in [-0.3, -0.25) is 9.59 Å². The molecule has 7 heteroatoms. The second kappa shape index (κ2) is 8.02. The number of benzene rings is 2. The van der Waals surface area contributed by atoms with Crippen molar-refractivity contribution in [2.24, 2.45) is 0 Å². The number of hydrogen-bond donors (Lipinski definition) is 3. The lowest BCUT2D eigenvalue weighted by Gasteiger charge is -2.35. The van der Waals surface area contributed by atoms with E-state index in [9.17, 15) is 14.7 Å². The van der Waals surface area contributed by atoms with Gasteiger partial charge in [0.2, 0.25) is 0 Å². The molecule has 0 saturated carbocycles. The van der Waals surface area contributed by atoms with E-state index >= 15 is 0 Å². The minimum Gasteiger partial charge on any atom is -0.396 e. The molecular weight excluding hydrogens is 414 g/mol. The SMILES string of the molecule is O=C1NCc2c(Cl)ccc(-c3cc4cc(C(=O)N5CCCCC5CCO)ccc4[nH]3)c21. The normalized spacial score (nSPS) is 18.3. The Bertz CT molecular complexity index is 1180. The van der Waals surface area contributed by atoms with Crippen LogP contribution in [0.3, 0.4) is 0 Å². The average Bonchev–Trinajstić information content (AvgIpc) is 3.38. The van der Waals surface area contributed by atoms with E-state index in [1.807, 2.05) is 41.3 Å². The molecule has 1 atom stereocenters. The number of rotatable bonds is 4. The largest absolute Gasteiger partial charge is 0.396 e. The number of aromatic nitrogens is 1. The molecule has 1 fully saturated rings. The van der Waals surface area contributed by atoms with Crippen molar-refractivity contribution in [2.75, 3.05) is 13.2 Å². The molecule has 0 bridgehead atoms. The number of likely N-dealkylation sites (tertiary alicyclic amines) is 1. The van der Waals surface area contributed by atoms with Crippen molar-refractivity contribution in [1.29, 1.82) is 0 Å². The molecule has 3 N–H and O–H groups in total. The predicted octanol–water partition coefficient (Wildman–Crippen LogP) is 4.11. The van der Waals surface area contributed by atoms with Crippen LogP contribution in [0.15, 0.2) is 36.4 Å². The quantitative estimate of drug-likeness (QED) is 0.574. The Morgan fingerprint density at radius 3 is 2.90 bits per heavy atom. The van der Waals surface area contributed by atoms with Gasteiger partial charge in [-0.1, -0.05) is 17.7 Å². The first kappa shape index (κ1) is 20.1. The Labute approximate surface area is 185 Å². The lowest BCUT2D eigenvalue weighted by atomic mass is 9.98. The Morgan fingerprint density at radius 1 is 1.19 bits per heavy atom. The highest BCUT2D eigenvalue weighted by molar-refractivity contribution is 6.32. The van der Waals surface area contributed by atoms with E-state index < -0.39 is 0 Å². The van der Waals surface area contributed by atoms with Gasteiger partial charge >= 0.3 is 0 Å². The molecule has 0 aliphatic carbocycles. The average molecular weight is 438 g/mol. The smallest absolute Gasteiger partial charge is 0.254 e. The summed E-state index contributed by atoms with van der Waals surface area (Å²) in [7, 11) is 0. The fourth-order valence-corrected chi connectivity index (χ4v) is 5.05. The van der Waals surface area contributed by atoms with E-state index in [1.54, 1.807) is 0 Å². The number of aliphatic hydroxyl groups is 1. The Balaban J connectivity index is 1.50. The first-order valence-corrected chi connectivity index (χ1v) is 11.1. The minimum atomic E-state index is -0.123. The van der Waals surface area contributed by atoms with Gasteiger partial charge in [-0.15, -0.1) is 0 Å². The maximum Gasteiger partial charge on any atom is 0.254 e. The van der Waals surface area contributed by atoms with Crippen molar-refractivity contribution in [3.8, 4) is 11.3 Å². The molecule has 5 rings (SSSR count). The number of carbonyl (C=O) groups excluding carboxylic acids is 2. The van der Waals surface area contributed by atoms with Crippen LogP contribution in [0.4, 0.5) is 0 Å². The molecule has 160 valence electrons. The van der Waals surface area contributed by atoms with Crippen molar-refractivity contribution in [1.82, 2.24) is 15.2 Å². The number of hydrogen-bond acceptors (Lipinski definition) is 3. The van der Waals surface area contributed by atoms with E-state index in [4.69, 9.17) is 11.6 Å². The lowest BCUT2D eigenvalue weighted by Crippen LogP contribution is -2.44. The molecule has 3 aromatic rings. The molecule has 1 unspecified atom stereocenters. The summed E-state index contributed by atoms with van der Waals surface area (Å²) in [6, 6.07) is 11.4. The number of carbonyl (C=O) groups is 2. The van der Waals surface area contributed by atoms with Crippen LogP contribution in [-0.4, -0.2) is 46.0 Å². The first-order valence-electron chi connectivity index (χ1n) is 10.7. The molecule has 2 aromatic carbocycles. The van der Waals surface area contributed by atoms with Gasteiger partial charge in [-0.25, -0.2) is 0 Å². The van der Waals surface area contributed by atoms with Gasteiger partial charge in [-0.2, -0.15) is 0 Å². The molecule has 2 amide bonds. The number of amides is 2. The second-order valence-electron chi connectivity index (χ2n) is 8.28. The maximum absolute atomic E-state index is 13.2. The second-order valence-corrected chi connectivity index (χ2v) is 8.68. The van der Waals surface area contributed by atoms with Gasteiger partial charge in [-0.05, 0) is 56.0 Å². The fraction of sp³-hybridized carbons (Fsp3) is 0.333. The van der Waals surface area contributed by atoms with Gasteiger partial charge in [0.15, 0.2) is 0 Å². The van der Waals surface area contributed by atoms with Crippen molar-refractivity contribution in [2.45, 2.75) is 38.3 Å². The number of aromatic amines is 1. The molecule has 31 heavy (non-hydrogen) atoms. The highest BCUT2D eigenvalue weighted by Crippen LogP contribution is 2.35. The van der Waals surface area contributed by atoms with E-state index in [0.29, 0.717) is 29.1 Å². The summed E-state index contributed by atoms with van der Waals surface area (Å²) in [6.07, 6.45) is 3.64. The molecule has 0 spiro atoms. The zero-order chi connectivity index (χ0) is 21.5. The molecular formula is C24H24ClN3O3. The summed E-state index contributed by atoms with van der Waals surface area (Å²) in [5.41, 5.74) is 4.59. The zero-order valence-corrected chi connectivity index (χ0v) is 17.8. The minimum absolute atomic E-state index is 0.00885. The van der Waals surface area contributed by atoms with Crippen molar-refractivity contribution in [3.63, 3.8) is 0 Å². The number of H-pyrrole nitrogens is 1. The van der Waals surface area contributed by atoms with Crippen LogP contribution in [0.2, 0.25) is 5.02 Å². The van der Waals surface area contributed by atoms with Crippen molar-refractivity contribution < 1.29 is 14.7 Å². The number of piperidine rings is 1. The van der Waals surface area contributed by atoms with Crippen molar-refractivity contribution in [3.05, 3.63) is 58.1 Å². The third kappa shape index (κ3) is 3.50. The van der Waals surface area contributed by atoms with Crippen LogP contribution in [0.1, 0.15) is 52.0 Å². The number of nitrogens with one attached hydrogen (secondary N) is 2. The third-order valence-electron chi connectivity index (χ3n) is 6.42. The summed E-state index contributed by atoms with van der Waals surface area (Å²) in [4.78, 5) is 30.9. The Kier molecular flexibility index (Phi) is 5.20. The zero-order valence-electron chi connectivity index (χ0n) is 17.1. The summed E-state index contributed by atoms with van der Waals surface area (Å²) in [6.45, 7) is 1.25. The number of fused-ring (bicyclic) bond motifs is 2. The van der Waals surface area contributed by atoms with Gasteiger partial charge in [0.1, 0.15) is 0 Å². The van der Waals surface area contributed by atoms with E-state index in [2.05, 4.69) is 10.3 Å².